The molecule has 1 N–H and O–H groups in total. The number of hydrogen-bond acceptors (Lipinski definition) is 3. The van der Waals surface area contributed by atoms with E-state index in [1.807, 2.05) is 0 Å². The molecule has 0 heterocycles. The Labute approximate surface area is 115 Å². The zero-order valence-corrected chi connectivity index (χ0v) is 11.5. The van der Waals surface area contributed by atoms with Gasteiger partial charge in [0.05, 0.1) is 7.11 Å². The van der Waals surface area contributed by atoms with Crippen LogP contribution in [-0.2, 0) is 14.3 Å². The van der Waals surface area contributed by atoms with Crippen LogP contribution in [0.4, 0.5) is 0 Å². The van der Waals surface area contributed by atoms with Crippen molar-refractivity contribution in [2.45, 2.75) is 19.4 Å². The van der Waals surface area contributed by atoms with Crippen molar-refractivity contribution >= 4 is 35.1 Å². The van der Waals surface area contributed by atoms with E-state index in [1.165, 1.54) is 13.2 Å². The highest BCUT2D eigenvalue weighted by molar-refractivity contribution is 6.35. The van der Waals surface area contributed by atoms with E-state index in [0.29, 0.717) is 15.6 Å². The van der Waals surface area contributed by atoms with Crippen molar-refractivity contribution in [1.82, 2.24) is 5.32 Å². The molecule has 1 aromatic carbocycles. The van der Waals surface area contributed by atoms with Crippen LogP contribution in [0.25, 0.3) is 0 Å². The summed E-state index contributed by atoms with van der Waals surface area (Å²) in [6.45, 7) is 1.69. The number of benzene rings is 1. The van der Waals surface area contributed by atoms with Crippen molar-refractivity contribution in [1.29, 1.82) is 0 Å². The average Bonchev–Trinajstić information content (AvgIpc) is 2.35. The van der Waals surface area contributed by atoms with Crippen LogP contribution in [0.3, 0.4) is 0 Å². The van der Waals surface area contributed by atoms with Gasteiger partial charge in [0, 0.05) is 22.0 Å². The molecule has 18 heavy (non-hydrogen) atoms. The Morgan fingerprint density at radius 3 is 2.56 bits per heavy atom. The smallest absolute Gasteiger partial charge is 0.333 e. The molecule has 0 saturated carbocycles. The van der Waals surface area contributed by atoms with Crippen LogP contribution in [0, 0.1) is 0 Å². The molecule has 0 radical (unpaired) electrons. The molecule has 0 bridgehead atoms. The summed E-state index contributed by atoms with van der Waals surface area (Å²) in [6, 6.07) is 3.76. The number of carbonyl (C=O) groups excluding carboxylic acids is 2. The Balaban J connectivity index is 3.09. The van der Waals surface area contributed by atoms with Crippen LogP contribution in [-0.4, -0.2) is 19.0 Å². The normalized spacial score (nSPS) is 11.8. The van der Waals surface area contributed by atoms with Gasteiger partial charge < -0.3 is 10.1 Å². The van der Waals surface area contributed by atoms with E-state index in [-0.39, 0.29) is 12.3 Å². The number of hydrogen-bond donors (Lipinski definition) is 1. The molecule has 0 aliphatic carbocycles. The topological polar surface area (TPSA) is 55.4 Å². The van der Waals surface area contributed by atoms with Gasteiger partial charge in [-0.05, 0) is 12.1 Å². The van der Waals surface area contributed by atoms with Gasteiger partial charge in [0.15, 0.2) is 6.04 Å². The van der Waals surface area contributed by atoms with Crippen molar-refractivity contribution in [2.75, 3.05) is 7.11 Å². The summed E-state index contributed by atoms with van der Waals surface area (Å²) in [5.41, 5.74) is 0.453. The number of ether oxygens (including phenoxy) is 1. The molecule has 0 fully saturated rings. The van der Waals surface area contributed by atoms with Gasteiger partial charge in [-0.15, -0.1) is 0 Å². The van der Waals surface area contributed by atoms with Gasteiger partial charge in [-0.25, -0.2) is 4.79 Å². The molecule has 0 saturated heterocycles. The lowest BCUT2D eigenvalue weighted by Crippen LogP contribution is -2.34. The molecular formula is C12H13Cl2NO3. The summed E-state index contributed by atoms with van der Waals surface area (Å²) in [5.74, 6) is -0.850. The molecular weight excluding hydrogens is 277 g/mol. The number of methoxy groups -OCH3 is 1. The van der Waals surface area contributed by atoms with Gasteiger partial charge >= 0.3 is 5.97 Å². The quantitative estimate of drug-likeness (QED) is 0.867. The molecule has 6 heteroatoms. The predicted octanol–water partition coefficient (Wildman–Crippen LogP) is 2.73. The highest BCUT2D eigenvalue weighted by Crippen LogP contribution is 2.27. The molecule has 1 atom stereocenters. The average molecular weight is 290 g/mol. The van der Waals surface area contributed by atoms with E-state index in [0.717, 1.165) is 0 Å². The molecule has 98 valence electrons. The molecule has 0 spiro atoms. The minimum Gasteiger partial charge on any atom is -0.467 e. The standard InChI is InChI=1S/C12H13Cl2NO3/c1-3-10(16)15-11(12(17)18-2)8-5-4-7(13)6-9(8)14/h4-6,11H,3H2,1-2H3,(H,15,16)/t11-/m1/s1. The van der Waals surface area contributed by atoms with Crippen molar-refractivity contribution in [3.8, 4) is 0 Å². The Bertz CT molecular complexity index is 463. The molecule has 0 aliphatic heterocycles. The van der Waals surface area contributed by atoms with E-state index in [2.05, 4.69) is 10.1 Å². The van der Waals surface area contributed by atoms with Crippen molar-refractivity contribution in [2.24, 2.45) is 0 Å². The summed E-state index contributed by atoms with van der Waals surface area (Å²) < 4.78 is 4.65. The second-order valence-electron chi connectivity index (χ2n) is 3.54. The van der Waals surface area contributed by atoms with Gasteiger partial charge in [-0.2, -0.15) is 0 Å². The van der Waals surface area contributed by atoms with Crippen LogP contribution < -0.4 is 5.32 Å². The number of rotatable bonds is 4. The first-order valence-electron chi connectivity index (χ1n) is 5.31. The van der Waals surface area contributed by atoms with Gasteiger partial charge in [0.1, 0.15) is 0 Å². The summed E-state index contributed by atoms with van der Waals surface area (Å²) in [5, 5.41) is 3.31. The van der Waals surface area contributed by atoms with Crippen LogP contribution in [0.1, 0.15) is 24.9 Å². The zero-order valence-electron chi connectivity index (χ0n) is 10.00. The first kappa shape index (κ1) is 14.8. The Morgan fingerprint density at radius 2 is 2.06 bits per heavy atom. The number of amides is 1. The summed E-state index contributed by atoms with van der Waals surface area (Å²) in [6.07, 6.45) is 0.263. The van der Waals surface area contributed by atoms with E-state index < -0.39 is 12.0 Å². The maximum absolute atomic E-state index is 11.7. The third-order valence-corrected chi connectivity index (χ3v) is 2.90. The minimum absolute atomic E-state index is 0.263. The number of halogens is 2. The first-order valence-corrected chi connectivity index (χ1v) is 6.07. The lowest BCUT2D eigenvalue weighted by molar-refractivity contribution is -0.145. The lowest BCUT2D eigenvalue weighted by Gasteiger charge is -2.17. The molecule has 1 rings (SSSR count). The third-order valence-electron chi connectivity index (χ3n) is 2.34. The largest absolute Gasteiger partial charge is 0.467 e. The summed E-state index contributed by atoms with van der Waals surface area (Å²) >= 11 is 11.8. The van der Waals surface area contributed by atoms with Gasteiger partial charge in [-0.3, -0.25) is 4.79 Å². The fourth-order valence-corrected chi connectivity index (χ4v) is 1.90. The Kier molecular flexibility index (Phi) is 5.44. The van der Waals surface area contributed by atoms with E-state index in [4.69, 9.17) is 23.2 Å². The first-order chi connectivity index (χ1) is 8.49. The lowest BCUT2D eigenvalue weighted by atomic mass is 10.1. The second kappa shape index (κ2) is 6.61. The second-order valence-corrected chi connectivity index (χ2v) is 4.39. The van der Waals surface area contributed by atoms with E-state index in [1.54, 1.807) is 19.1 Å². The number of esters is 1. The zero-order chi connectivity index (χ0) is 13.7. The van der Waals surface area contributed by atoms with Crippen LogP contribution >= 0.6 is 23.2 Å². The maximum Gasteiger partial charge on any atom is 0.333 e. The van der Waals surface area contributed by atoms with Crippen molar-refractivity contribution in [3.63, 3.8) is 0 Å². The minimum atomic E-state index is -0.924. The monoisotopic (exact) mass is 289 g/mol. The van der Waals surface area contributed by atoms with Crippen LogP contribution in [0.2, 0.25) is 10.0 Å². The van der Waals surface area contributed by atoms with Crippen LogP contribution in [0.15, 0.2) is 18.2 Å². The number of carbonyl (C=O) groups is 2. The van der Waals surface area contributed by atoms with Gasteiger partial charge in [0.25, 0.3) is 0 Å². The highest BCUT2D eigenvalue weighted by atomic mass is 35.5. The molecule has 4 nitrogen and oxygen atoms in total. The Hall–Kier alpha value is -1.26. The molecule has 0 aromatic heterocycles. The highest BCUT2D eigenvalue weighted by Gasteiger charge is 2.25. The summed E-state index contributed by atoms with van der Waals surface area (Å²) in [7, 11) is 1.25. The molecule has 1 aromatic rings. The Morgan fingerprint density at radius 1 is 1.39 bits per heavy atom. The molecule has 0 unspecified atom stereocenters. The summed E-state index contributed by atoms with van der Waals surface area (Å²) in [4.78, 5) is 23.1. The maximum atomic E-state index is 11.7. The molecule has 0 aliphatic rings. The number of nitrogens with one attached hydrogen (secondary N) is 1. The predicted molar refractivity (Wildman–Crippen MR) is 69.7 cm³/mol. The van der Waals surface area contributed by atoms with Crippen LogP contribution in [0.5, 0.6) is 0 Å². The van der Waals surface area contributed by atoms with Crippen molar-refractivity contribution < 1.29 is 14.3 Å². The SMILES string of the molecule is CCC(=O)N[C@@H](C(=O)OC)c1ccc(Cl)cc1Cl. The van der Waals surface area contributed by atoms with Gasteiger partial charge in [-0.1, -0.05) is 36.2 Å². The fourth-order valence-electron chi connectivity index (χ4n) is 1.38. The van der Waals surface area contributed by atoms with Gasteiger partial charge in [0.2, 0.25) is 5.91 Å². The molecule has 1 amide bonds. The van der Waals surface area contributed by atoms with Crippen molar-refractivity contribution in [3.05, 3.63) is 33.8 Å². The van der Waals surface area contributed by atoms with E-state index >= 15 is 0 Å². The third kappa shape index (κ3) is 3.62. The van der Waals surface area contributed by atoms with E-state index in [9.17, 15) is 9.59 Å². The fraction of sp³-hybridized carbons (Fsp3) is 0.333.